The number of nitrogens with one attached hydrogen (secondary N) is 3. The summed E-state index contributed by atoms with van der Waals surface area (Å²) in [7, 11) is 1.56. The Hall–Kier alpha value is -3.43. The molecule has 32 heavy (non-hydrogen) atoms. The van der Waals surface area contributed by atoms with E-state index in [-0.39, 0.29) is 24.3 Å². The predicted octanol–water partition coefficient (Wildman–Crippen LogP) is 1.59. The van der Waals surface area contributed by atoms with E-state index >= 15 is 0 Å². The van der Waals surface area contributed by atoms with Crippen molar-refractivity contribution < 1.29 is 23.9 Å². The first-order valence-corrected chi connectivity index (χ1v) is 10.4. The predicted molar refractivity (Wildman–Crippen MR) is 121 cm³/mol. The summed E-state index contributed by atoms with van der Waals surface area (Å²) in [6, 6.07) is 13.8. The summed E-state index contributed by atoms with van der Waals surface area (Å²) in [5, 5.41) is 8.54. The van der Waals surface area contributed by atoms with E-state index in [4.69, 9.17) is 9.47 Å². The van der Waals surface area contributed by atoms with Crippen LogP contribution in [0.4, 0.5) is 11.4 Å². The van der Waals surface area contributed by atoms with E-state index in [0.29, 0.717) is 62.0 Å². The van der Waals surface area contributed by atoms with E-state index in [9.17, 15) is 14.4 Å². The van der Waals surface area contributed by atoms with Gasteiger partial charge in [0.25, 0.3) is 11.8 Å². The van der Waals surface area contributed by atoms with Crippen molar-refractivity contribution in [1.29, 1.82) is 0 Å². The molecule has 3 rings (SSSR count). The lowest BCUT2D eigenvalue weighted by molar-refractivity contribution is -0.114. The molecule has 0 radical (unpaired) electrons. The highest BCUT2D eigenvalue weighted by atomic mass is 16.5. The summed E-state index contributed by atoms with van der Waals surface area (Å²) in [4.78, 5) is 38.9. The molecule has 3 amide bonds. The molecule has 1 fully saturated rings. The van der Waals surface area contributed by atoms with Crippen LogP contribution in [0.5, 0.6) is 0 Å². The first kappa shape index (κ1) is 23.2. The van der Waals surface area contributed by atoms with Gasteiger partial charge in [0.1, 0.15) is 0 Å². The van der Waals surface area contributed by atoms with Crippen LogP contribution in [0.2, 0.25) is 0 Å². The van der Waals surface area contributed by atoms with E-state index in [0.717, 1.165) is 0 Å². The van der Waals surface area contributed by atoms with Crippen LogP contribution in [0.3, 0.4) is 0 Å². The van der Waals surface area contributed by atoms with Gasteiger partial charge in [-0.1, -0.05) is 12.1 Å². The third-order valence-corrected chi connectivity index (χ3v) is 4.86. The van der Waals surface area contributed by atoms with Crippen molar-refractivity contribution in [2.45, 2.75) is 0 Å². The molecular weight excluding hydrogens is 412 g/mol. The van der Waals surface area contributed by atoms with Crippen LogP contribution in [0.15, 0.2) is 48.5 Å². The second-order valence-electron chi connectivity index (χ2n) is 7.22. The fourth-order valence-electron chi connectivity index (χ4n) is 3.21. The molecule has 0 atom stereocenters. The van der Waals surface area contributed by atoms with Gasteiger partial charge >= 0.3 is 0 Å². The van der Waals surface area contributed by atoms with Crippen LogP contribution in [0.1, 0.15) is 20.7 Å². The van der Waals surface area contributed by atoms with Gasteiger partial charge in [-0.2, -0.15) is 0 Å². The Morgan fingerprint density at radius 1 is 1.00 bits per heavy atom. The fraction of sp³-hybridized carbons (Fsp3) is 0.348. The first-order valence-electron chi connectivity index (χ1n) is 10.4. The number of morpholine rings is 1. The van der Waals surface area contributed by atoms with Gasteiger partial charge in [-0.05, 0) is 36.4 Å². The number of hydrogen-bond donors (Lipinski definition) is 3. The summed E-state index contributed by atoms with van der Waals surface area (Å²) in [6.07, 6.45) is 0. The molecule has 9 nitrogen and oxygen atoms in total. The minimum atomic E-state index is -0.271. The van der Waals surface area contributed by atoms with Crippen molar-refractivity contribution in [3.05, 3.63) is 59.7 Å². The number of carbonyl (C=O) groups excluding carboxylic acids is 3. The van der Waals surface area contributed by atoms with Crippen LogP contribution in [-0.4, -0.2) is 75.7 Å². The second kappa shape index (κ2) is 11.8. The number of ether oxygens (including phenoxy) is 2. The standard InChI is InChI=1S/C23H28N4O5/c1-31-11-8-24-22(29)17-4-2-7-20(14-17)26-21(28)16-25-19-6-3-5-18(15-19)23(30)27-9-12-32-13-10-27/h2-7,14-15,25H,8-13,16H2,1H3,(H,24,29)(H,26,28). The number of amides is 3. The van der Waals surface area contributed by atoms with E-state index < -0.39 is 0 Å². The number of carbonyl (C=O) groups is 3. The molecule has 0 spiro atoms. The maximum absolute atomic E-state index is 12.6. The monoisotopic (exact) mass is 440 g/mol. The molecule has 1 saturated heterocycles. The number of methoxy groups -OCH3 is 1. The summed E-state index contributed by atoms with van der Waals surface area (Å²) in [6.45, 7) is 3.07. The number of benzene rings is 2. The summed E-state index contributed by atoms with van der Waals surface area (Å²) >= 11 is 0. The Morgan fingerprint density at radius 2 is 1.69 bits per heavy atom. The minimum absolute atomic E-state index is 0.0134. The zero-order valence-corrected chi connectivity index (χ0v) is 18.1. The van der Waals surface area contributed by atoms with Crippen LogP contribution in [0, 0.1) is 0 Å². The van der Waals surface area contributed by atoms with Gasteiger partial charge in [-0.25, -0.2) is 0 Å². The Kier molecular flexibility index (Phi) is 8.59. The molecule has 1 aliphatic heterocycles. The molecule has 0 bridgehead atoms. The van der Waals surface area contributed by atoms with Gasteiger partial charge in [0.05, 0.1) is 26.4 Å². The van der Waals surface area contributed by atoms with Gasteiger partial charge < -0.3 is 30.3 Å². The lowest BCUT2D eigenvalue weighted by atomic mass is 10.1. The molecule has 0 aromatic heterocycles. The molecular formula is C23H28N4O5. The summed E-state index contributed by atoms with van der Waals surface area (Å²) < 4.78 is 10.2. The zero-order chi connectivity index (χ0) is 22.8. The number of rotatable bonds is 9. The molecule has 9 heteroatoms. The SMILES string of the molecule is COCCNC(=O)c1cccc(NC(=O)CNc2cccc(C(=O)N3CCOCC3)c2)c1. The smallest absolute Gasteiger partial charge is 0.254 e. The highest BCUT2D eigenvalue weighted by Gasteiger charge is 2.18. The normalized spacial score (nSPS) is 13.3. The maximum Gasteiger partial charge on any atom is 0.254 e. The van der Waals surface area contributed by atoms with Crippen molar-refractivity contribution in [3.63, 3.8) is 0 Å². The Labute approximate surface area is 187 Å². The van der Waals surface area contributed by atoms with Crippen LogP contribution >= 0.6 is 0 Å². The highest BCUT2D eigenvalue weighted by molar-refractivity contribution is 5.98. The average molecular weight is 441 g/mol. The van der Waals surface area contributed by atoms with Crippen molar-refractivity contribution >= 4 is 29.1 Å². The zero-order valence-electron chi connectivity index (χ0n) is 18.1. The number of nitrogens with zero attached hydrogens (tertiary/aromatic N) is 1. The van der Waals surface area contributed by atoms with Crippen LogP contribution in [-0.2, 0) is 14.3 Å². The molecule has 0 aliphatic carbocycles. The van der Waals surface area contributed by atoms with E-state index in [1.165, 1.54) is 0 Å². The molecule has 2 aromatic carbocycles. The van der Waals surface area contributed by atoms with Gasteiger partial charge in [0.15, 0.2) is 0 Å². The minimum Gasteiger partial charge on any atom is -0.383 e. The quantitative estimate of drug-likeness (QED) is 0.511. The average Bonchev–Trinajstić information content (AvgIpc) is 2.83. The molecule has 0 unspecified atom stereocenters. The van der Waals surface area contributed by atoms with E-state index in [1.807, 2.05) is 0 Å². The van der Waals surface area contributed by atoms with Gasteiger partial charge in [-0.3, -0.25) is 14.4 Å². The number of anilines is 2. The lowest BCUT2D eigenvalue weighted by Crippen LogP contribution is -2.40. The lowest BCUT2D eigenvalue weighted by Gasteiger charge is -2.27. The second-order valence-corrected chi connectivity index (χ2v) is 7.22. The first-order chi connectivity index (χ1) is 15.6. The summed E-state index contributed by atoms with van der Waals surface area (Å²) in [5.74, 6) is -0.563. The Morgan fingerprint density at radius 3 is 2.44 bits per heavy atom. The largest absolute Gasteiger partial charge is 0.383 e. The third-order valence-electron chi connectivity index (χ3n) is 4.86. The van der Waals surface area contributed by atoms with Gasteiger partial charge in [0, 0.05) is 49.2 Å². The Balaban J connectivity index is 1.52. The van der Waals surface area contributed by atoms with Crippen LogP contribution in [0.25, 0.3) is 0 Å². The van der Waals surface area contributed by atoms with Crippen molar-refractivity contribution in [2.24, 2.45) is 0 Å². The Bertz CT molecular complexity index is 943. The summed E-state index contributed by atoms with van der Waals surface area (Å²) in [5.41, 5.74) is 2.20. The molecule has 1 aliphatic rings. The van der Waals surface area contributed by atoms with Gasteiger partial charge in [-0.15, -0.1) is 0 Å². The molecule has 2 aromatic rings. The van der Waals surface area contributed by atoms with Crippen molar-refractivity contribution in [2.75, 3.05) is 63.7 Å². The van der Waals surface area contributed by atoms with Crippen molar-refractivity contribution in [1.82, 2.24) is 10.2 Å². The molecule has 170 valence electrons. The fourth-order valence-corrected chi connectivity index (χ4v) is 3.21. The van der Waals surface area contributed by atoms with E-state index in [1.54, 1.807) is 60.5 Å². The molecule has 3 N–H and O–H groups in total. The van der Waals surface area contributed by atoms with Crippen molar-refractivity contribution in [3.8, 4) is 0 Å². The molecule has 0 saturated carbocycles. The van der Waals surface area contributed by atoms with E-state index in [2.05, 4.69) is 16.0 Å². The van der Waals surface area contributed by atoms with Crippen LogP contribution < -0.4 is 16.0 Å². The topological polar surface area (TPSA) is 109 Å². The third kappa shape index (κ3) is 6.79. The highest BCUT2D eigenvalue weighted by Crippen LogP contribution is 2.14. The number of hydrogen-bond acceptors (Lipinski definition) is 6. The van der Waals surface area contributed by atoms with Gasteiger partial charge in [0.2, 0.25) is 5.91 Å². The molecule has 1 heterocycles. The maximum atomic E-state index is 12.6.